The zero-order valence-electron chi connectivity index (χ0n) is 13.3. The molecular formula is C20H15Cl2N3. The summed E-state index contributed by atoms with van der Waals surface area (Å²) in [4.78, 5) is 8.97. The number of allylic oxidation sites excluding steroid dienone is 1. The molecule has 2 N–H and O–H groups in total. The molecule has 0 saturated carbocycles. The van der Waals surface area contributed by atoms with Crippen LogP contribution < -0.4 is 5.73 Å². The van der Waals surface area contributed by atoms with Gasteiger partial charge in [0, 0.05) is 21.2 Å². The Kier molecular flexibility index (Phi) is 4.20. The Hall–Kier alpha value is -2.36. The average Bonchev–Trinajstić information content (AvgIpc) is 2.97. The SMILES string of the molecule is Nc1nc2c(c(-c3cccc(Cl)c3)n1)CC/C2=C\c1cccc(Cl)c1. The van der Waals surface area contributed by atoms with Crippen LogP contribution in [-0.2, 0) is 6.42 Å². The Morgan fingerprint density at radius 1 is 0.880 bits per heavy atom. The van der Waals surface area contributed by atoms with Gasteiger partial charge in [-0.3, -0.25) is 0 Å². The molecule has 3 aromatic rings. The molecule has 0 unspecified atom stereocenters. The summed E-state index contributed by atoms with van der Waals surface area (Å²) in [6, 6.07) is 15.4. The minimum Gasteiger partial charge on any atom is -0.368 e. The second-order valence-corrected chi connectivity index (χ2v) is 6.87. The van der Waals surface area contributed by atoms with Gasteiger partial charge in [-0.05, 0) is 54.3 Å². The molecule has 2 aromatic carbocycles. The van der Waals surface area contributed by atoms with Crippen molar-refractivity contribution in [2.45, 2.75) is 12.8 Å². The van der Waals surface area contributed by atoms with Gasteiger partial charge in [-0.1, -0.05) is 47.5 Å². The first-order chi connectivity index (χ1) is 12.1. The van der Waals surface area contributed by atoms with Gasteiger partial charge in [-0.15, -0.1) is 0 Å². The van der Waals surface area contributed by atoms with E-state index in [0.29, 0.717) is 5.02 Å². The summed E-state index contributed by atoms with van der Waals surface area (Å²) in [7, 11) is 0. The molecule has 5 heteroatoms. The first-order valence-corrected chi connectivity index (χ1v) is 8.74. The predicted molar refractivity (Wildman–Crippen MR) is 105 cm³/mol. The Balaban J connectivity index is 1.83. The van der Waals surface area contributed by atoms with Crippen LogP contribution in [-0.4, -0.2) is 9.97 Å². The number of fused-ring (bicyclic) bond motifs is 1. The van der Waals surface area contributed by atoms with Crippen LogP contribution in [0.3, 0.4) is 0 Å². The van der Waals surface area contributed by atoms with Gasteiger partial charge in [0.15, 0.2) is 0 Å². The zero-order chi connectivity index (χ0) is 17.4. The predicted octanol–water partition coefficient (Wildman–Crippen LogP) is 5.52. The van der Waals surface area contributed by atoms with E-state index in [9.17, 15) is 0 Å². The highest BCUT2D eigenvalue weighted by Crippen LogP contribution is 2.38. The second kappa shape index (κ2) is 6.51. The van der Waals surface area contributed by atoms with E-state index >= 15 is 0 Å². The van der Waals surface area contributed by atoms with Crippen molar-refractivity contribution in [2.24, 2.45) is 0 Å². The van der Waals surface area contributed by atoms with Crippen LogP contribution in [0.4, 0.5) is 5.95 Å². The van der Waals surface area contributed by atoms with E-state index in [1.165, 1.54) is 0 Å². The van der Waals surface area contributed by atoms with Crippen molar-refractivity contribution < 1.29 is 0 Å². The molecule has 0 fully saturated rings. The van der Waals surface area contributed by atoms with Crippen molar-refractivity contribution in [1.29, 1.82) is 0 Å². The van der Waals surface area contributed by atoms with E-state index in [1.807, 2.05) is 48.5 Å². The monoisotopic (exact) mass is 367 g/mol. The normalized spacial score (nSPS) is 14.7. The van der Waals surface area contributed by atoms with Crippen LogP contribution in [0.25, 0.3) is 22.9 Å². The fraction of sp³-hybridized carbons (Fsp3) is 0.100. The second-order valence-electron chi connectivity index (χ2n) is 5.99. The van der Waals surface area contributed by atoms with Crippen molar-refractivity contribution in [2.75, 3.05) is 5.73 Å². The van der Waals surface area contributed by atoms with Gasteiger partial charge in [-0.2, -0.15) is 0 Å². The fourth-order valence-corrected chi connectivity index (χ4v) is 3.58. The van der Waals surface area contributed by atoms with Crippen molar-refractivity contribution in [3.63, 3.8) is 0 Å². The van der Waals surface area contributed by atoms with Gasteiger partial charge in [0.25, 0.3) is 0 Å². The highest BCUT2D eigenvalue weighted by Gasteiger charge is 2.23. The molecule has 0 spiro atoms. The standard InChI is InChI=1S/C20H15Cl2N3/c21-15-5-1-3-12(10-15)9-14-7-8-17-18(24-20(23)25-19(14)17)13-4-2-6-16(22)11-13/h1-6,9-11H,7-8H2,(H2,23,24,25)/b14-9+. The Morgan fingerprint density at radius 3 is 2.36 bits per heavy atom. The number of nitrogen functional groups attached to an aromatic ring is 1. The zero-order valence-corrected chi connectivity index (χ0v) is 14.8. The number of anilines is 1. The van der Waals surface area contributed by atoms with Crippen molar-refractivity contribution in [1.82, 2.24) is 9.97 Å². The summed E-state index contributed by atoms with van der Waals surface area (Å²) < 4.78 is 0. The number of aromatic nitrogens is 2. The molecule has 124 valence electrons. The van der Waals surface area contributed by atoms with Gasteiger partial charge in [0.2, 0.25) is 5.95 Å². The van der Waals surface area contributed by atoms with Crippen LogP contribution in [0.5, 0.6) is 0 Å². The summed E-state index contributed by atoms with van der Waals surface area (Å²) in [5, 5.41) is 1.39. The number of hydrogen-bond donors (Lipinski definition) is 1. The van der Waals surface area contributed by atoms with Crippen LogP contribution in [0.15, 0.2) is 48.5 Å². The summed E-state index contributed by atoms with van der Waals surface area (Å²) in [6.45, 7) is 0. The topological polar surface area (TPSA) is 51.8 Å². The smallest absolute Gasteiger partial charge is 0.221 e. The van der Waals surface area contributed by atoms with Gasteiger partial charge in [-0.25, -0.2) is 9.97 Å². The molecular weight excluding hydrogens is 353 g/mol. The van der Waals surface area contributed by atoms with E-state index in [0.717, 1.165) is 51.5 Å². The molecule has 0 amide bonds. The van der Waals surface area contributed by atoms with Crippen LogP contribution in [0.2, 0.25) is 10.0 Å². The van der Waals surface area contributed by atoms with Crippen LogP contribution in [0, 0.1) is 0 Å². The first kappa shape index (κ1) is 16.1. The number of nitrogens with zero attached hydrogens (tertiary/aromatic N) is 2. The van der Waals surface area contributed by atoms with Gasteiger partial charge in [0.05, 0.1) is 11.4 Å². The Bertz CT molecular complexity index is 996. The largest absolute Gasteiger partial charge is 0.368 e. The Labute approximate surface area is 156 Å². The van der Waals surface area contributed by atoms with E-state index in [2.05, 4.69) is 16.0 Å². The lowest BCUT2D eigenvalue weighted by molar-refractivity contribution is 1.06. The summed E-state index contributed by atoms with van der Waals surface area (Å²) in [5.41, 5.74) is 12.0. The molecule has 0 atom stereocenters. The quantitative estimate of drug-likeness (QED) is 0.648. The minimum atomic E-state index is 0.271. The molecule has 0 aliphatic heterocycles. The number of rotatable bonds is 2. The van der Waals surface area contributed by atoms with Crippen LogP contribution >= 0.6 is 23.2 Å². The lowest BCUT2D eigenvalue weighted by Crippen LogP contribution is -2.02. The molecule has 1 heterocycles. The van der Waals surface area contributed by atoms with Crippen molar-refractivity contribution in [3.05, 3.63) is 75.4 Å². The fourth-order valence-electron chi connectivity index (χ4n) is 3.19. The maximum absolute atomic E-state index is 6.14. The highest BCUT2D eigenvalue weighted by molar-refractivity contribution is 6.31. The highest BCUT2D eigenvalue weighted by atomic mass is 35.5. The van der Waals surface area contributed by atoms with E-state index in [-0.39, 0.29) is 5.95 Å². The van der Waals surface area contributed by atoms with Gasteiger partial charge >= 0.3 is 0 Å². The summed E-state index contributed by atoms with van der Waals surface area (Å²) in [6.07, 6.45) is 3.89. The van der Waals surface area contributed by atoms with E-state index < -0.39 is 0 Å². The first-order valence-electron chi connectivity index (χ1n) is 7.99. The molecule has 0 saturated heterocycles. The molecule has 1 aliphatic carbocycles. The molecule has 0 radical (unpaired) electrons. The summed E-state index contributed by atoms with van der Waals surface area (Å²) >= 11 is 12.2. The maximum atomic E-state index is 6.14. The number of benzene rings is 2. The molecule has 1 aliphatic rings. The third kappa shape index (κ3) is 3.26. The average molecular weight is 368 g/mol. The van der Waals surface area contributed by atoms with Crippen molar-refractivity contribution in [3.8, 4) is 11.3 Å². The van der Waals surface area contributed by atoms with E-state index in [4.69, 9.17) is 28.9 Å². The van der Waals surface area contributed by atoms with Gasteiger partial charge in [0.1, 0.15) is 0 Å². The van der Waals surface area contributed by atoms with Crippen LogP contribution in [0.1, 0.15) is 23.2 Å². The minimum absolute atomic E-state index is 0.271. The molecule has 0 bridgehead atoms. The van der Waals surface area contributed by atoms with E-state index in [1.54, 1.807) is 0 Å². The molecule has 1 aromatic heterocycles. The van der Waals surface area contributed by atoms with Gasteiger partial charge < -0.3 is 5.73 Å². The maximum Gasteiger partial charge on any atom is 0.221 e. The van der Waals surface area contributed by atoms with Crippen molar-refractivity contribution >= 4 is 40.8 Å². The third-order valence-corrected chi connectivity index (χ3v) is 4.73. The lowest BCUT2D eigenvalue weighted by Gasteiger charge is -2.09. The number of hydrogen-bond acceptors (Lipinski definition) is 3. The number of halogens is 2. The molecule has 4 rings (SSSR count). The third-order valence-electron chi connectivity index (χ3n) is 4.26. The lowest BCUT2D eigenvalue weighted by atomic mass is 10.0. The Morgan fingerprint density at radius 2 is 1.60 bits per heavy atom. The summed E-state index contributed by atoms with van der Waals surface area (Å²) in [5.74, 6) is 0.271. The molecule has 25 heavy (non-hydrogen) atoms. The molecule has 3 nitrogen and oxygen atoms in total. The number of nitrogens with two attached hydrogens (primary N) is 1.